The van der Waals surface area contributed by atoms with Crippen LogP contribution in [0.5, 0.6) is 0 Å². The molecule has 6 aliphatic heterocycles. The Bertz CT molecular complexity index is 1530. The number of aliphatic carboxylic acids is 1. The van der Waals surface area contributed by atoms with Gasteiger partial charge in [0.1, 0.15) is 30.5 Å². The summed E-state index contributed by atoms with van der Waals surface area (Å²) in [7, 11) is 0. The van der Waals surface area contributed by atoms with E-state index in [0.29, 0.717) is 32.1 Å². The summed E-state index contributed by atoms with van der Waals surface area (Å²) in [5, 5.41) is 41.7. The molecule has 0 aliphatic carbocycles. The molecule has 0 radical (unpaired) electrons. The van der Waals surface area contributed by atoms with Gasteiger partial charge in [0, 0.05) is 37.5 Å². The van der Waals surface area contributed by atoms with Crippen molar-refractivity contribution in [3.63, 3.8) is 0 Å². The Balaban J connectivity index is 1.27. The zero-order valence-electron chi connectivity index (χ0n) is 34.8. The molecule has 3 fully saturated rings. The number of fused-ring (bicyclic) bond motifs is 14. The van der Waals surface area contributed by atoms with Crippen LogP contribution in [0.1, 0.15) is 105 Å². The third-order valence-corrected chi connectivity index (χ3v) is 12.2. The van der Waals surface area contributed by atoms with Gasteiger partial charge in [-0.25, -0.2) is 0 Å². The van der Waals surface area contributed by atoms with Crippen LogP contribution < -0.4 is 0 Å². The Morgan fingerprint density at radius 1 is 0.759 bits per heavy atom. The fraction of sp³-hybridized carbons (Fsp3) is 0.660. The number of carboxylic acid groups (broad SMARTS) is 1. The molecular formula is C47H68O11. The lowest BCUT2D eigenvalue weighted by Crippen LogP contribution is -2.50. The van der Waals surface area contributed by atoms with Gasteiger partial charge in [-0.2, -0.15) is 0 Å². The lowest BCUT2D eigenvalue weighted by atomic mass is 9.85. The number of unbranched alkanes of at least 4 members (excludes halogenated alkanes) is 1. The number of carboxylic acids is 1. The SMILES string of the molecule is C/C(=C\[C@H](C)CCCCC(=O)O)C1OC2C=CC1OC(=O)CC/C=C\C=C\[C@H]1OC3CC1O[C@@H](/C=C/C[C@H]1O[C@H](C[C@H](O)[C@H]1C)[C@@H](O)[C@@H](O)/C=C/CC/C=C/C2)C3C. The number of carbonyl (C=O) groups excluding carboxylic acids is 1. The minimum Gasteiger partial charge on any atom is -0.481 e. The van der Waals surface area contributed by atoms with Gasteiger partial charge in [0.25, 0.3) is 0 Å². The van der Waals surface area contributed by atoms with Crippen LogP contribution in [0.25, 0.3) is 0 Å². The summed E-state index contributed by atoms with van der Waals surface area (Å²) in [6.07, 6.45) is 26.8. The number of esters is 1. The van der Waals surface area contributed by atoms with E-state index in [1.54, 1.807) is 6.08 Å². The molecular weight excluding hydrogens is 741 g/mol. The van der Waals surface area contributed by atoms with E-state index in [2.05, 4.69) is 38.2 Å². The van der Waals surface area contributed by atoms with E-state index in [1.165, 1.54) is 0 Å². The molecule has 3 saturated heterocycles. The van der Waals surface area contributed by atoms with E-state index in [-0.39, 0.29) is 79.6 Å². The maximum absolute atomic E-state index is 13.1. The molecule has 15 atom stereocenters. The zero-order valence-corrected chi connectivity index (χ0v) is 34.8. The molecule has 58 heavy (non-hydrogen) atoms. The smallest absolute Gasteiger partial charge is 0.306 e. The predicted molar refractivity (Wildman–Crippen MR) is 222 cm³/mol. The van der Waals surface area contributed by atoms with Crippen LogP contribution in [0.15, 0.2) is 84.6 Å². The molecule has 322 valence electrons. The van der Waals surface area contributed by atoms with E-state index < -0.39 is 42.6 Å². The minimum atomic E-state index is -1.18. The Morgan fingerprint density at radius 3 is 2.36 bits per heavy atom. The van der Waals surface area contributed by atoms with Crippen LogP contribution >= 0.6 is 0 Å². The van der Waals surface area contributed by atoms with Crippen molar-refractivity contribution in [3.05, 3.63) is 84.6 Å². The molecule has 6 aliphatic rings. The maximum atomic E-state index is 13.1. The Morgan fingerprint density at radius 2 is 1.55 bits per heavy atom. The van der Waals surface area contributed by atoms with Crippen LogP contribution in [0, 0.1) is 17.8 Å². The summed E-state index contributed by atoms with van der Waals surface area (Å²) in [6.45, 7) is 8.19. The van der Waals surface area contributed by atoms with E-state index in [0.717, 1.165) is 31.3 Å². The standard InChI is InChI=1S/C47H68O11/c1-30(17-14-15-23-44(50)51)27-31(2)47-40-26-25-34(54-47)18-10-6-5-7-11-19-35(48)46(53)43-28-36(49)32(3)37(56-43)21-16-22-38-33(4)41-29-42(55-38)39(57-41)20-12-8-9-13-24-45(52)58-40/h6,8-12,16,19-20,22,25-27,30,32-43,46-49,53H,5,7,13-15,17-18,21,23-24,28-29H2,1-4H3,(H,50,51)/b9-8-,10-6+,19-11+,20-12+,22-16+,31-27+/t30-,32-,33?,34?,35+,36+,37-,38+,39-,40?,41?,42?,43-,46+,47?/m1/s1. The van der Waals surface area contributed by atoms with Crippen molar-refractivity contribution in [2.24, 2.45) is 17.8 Å². The first-order valence-electron chi connectivity index (χ1n) is 21.6. The first-order chi connectivity index (χ1) is 27.9. The highest BCUT2D eigenvalue weighted by molar-refractivity contribution is 5.70. The number of aliphatic hydroxyl groups excluding tert-OH is 3. The number of hydrogen-bond acceptors (Lipinski definition) is 10. The molecule has 11 nitrogen and oxygen atoms in total. The molecule has 11 heteroatoms. The van der Waals surface area contributed by atoms with Gasteiger partial charge < -0.3 is 44.1 Å². The van der Waals surface area contributed by atoms with Crippen molar-refractivity contribution in [3.8, 4) is 0 Å². The second-order valence-corrected chi connectivity index (χ2v) is 16.9. The molecule has 0 aromatic rings. The maximum Gasteiger partial charge on any atom is 0.306 e. The van der Waals surface area contributed by atoms with Gasteiger partial charge >= 0.3 is 11.9 Å². The van der Waals surface area contributed by atoms with E-state index in [9.17, 15) is 24.9 Å². The number of allylic oxidation sites excluding steroid dienone is 6. The highest BCUT2D eigenvalue weighted by atomic mass is 16.6. The third kappa shape index (κ3) is 13.7. The molecule has 0 aromatic carbocycles. The van der Waals surface area contributed by atoms with Crippen molar-refractivity contribution >= 4 is 11.9 Å². The number of rotatable bonds is 7. The Labute approximate surface area is 345 Å². The van der Waals surface area contributed by atoms with E-state index >= 15 is 0 Å². The highest BCUT2D eigenvalue weighted by Gasteiger charge is 2.45. The van der Waals surface area contributed by atoms with Crippen LogP contribution in [-0.4, -0.2) is 106 Å². The van der Waals surface area contributed by atoms with Crippen molar-refractivity contribution < 1.29 is 53.7 Å². The summed E-state index contributed by atoms with van der Waals surface area (Å²) < 4.78 is 31.7. The van der Waals surface area contributed by atoms with Crippen molar-refractivity contribution in [2.45, 2.75) is 178 Å². The van der Waals surface area contributed by atoms with Gasteiger partial charge in [-0.3, -0.25) is 9.59 Å². The monoisotopic (exact) mass is 808 g/mol. The molecule has 6 rings (SSSR count). The van der Waals surface area contributed by atoms with Crippen molar-refractivity contribution in [1.82, 2.24) is 0 Å². The average Bonchev–Trinajstić information content (AvgIpc) is 3.54. The lowest BCUT2D eigenvalue weighted by molar-refractivity contribution is -0.175. The average molecular weight is 809 g/mol. The van der Waals surface area contributed by atoms with Crippen LogP contribution in [-0.2, 0) is 33.3 Å². The fourth-order valence-electron chi connectivity index (χ4n) is 8.54. The topological polar surface area (TPSA) is 161 Å². The molecule has 0 spiro atoms. The van der Waals surface area contributed by atoms with Gasteiger partial charge in [-0.1, -0.05) is 100 Å². The summed E-state index contributed by atoms with van der Waals surface area (Å²) in [5.41, 5.74) is 0.969. The molecule has 0 saturated carbocycles. The highest BCUT2D eigenvalue weighted by Crippen LogP contribution is 2.38. The fourth-order valence-corrected chi connectivity index (χ4v) is 8.54. The van der Waals surface area contributed by atoms with Gasteiger partial charge in [0.2, 0.25) is 0 Å². The normalized spacial score (nSPS) is 41.4. The molecule has 6 unspecified atom stereocenters. The summed E-state index contributed by atoms with van der Waals surface area (Å²) in [4.78, 5) is 24.0. The predicted octanol–water partition coefficient (Wildman–Crippen LogP) is 7.02. The molecule has 0 amide bonds. The van der Waals surface area contributed by atoms with Crippen LogP contribution in [0.3, 0.4) is 0 Å². The molecule has 6 heterocycles. The number of hydrogen-bond donors (Lipinski definition) is 4. The Hall–Kier alpha value is -3.16. The summed E-state index contributed by atoms with van der Waals surface area (Å²) >= 11 is 0. The lowest BCUT2D eigenvalue weighted by Gasteiger charge is -2.40. The molecule has 0 aromatic heterocycles. The first-order valence-corrected chi connectivity index (χ1v) is 21.6. The number of ether oxygens (including phenoxy) is 5. The van der Waals surface area contributed by atoms with E-state index in [1.807, 2.05) is 62.5 Å². The second-order valence-electron chi connectivity index (χ2n) is 16.9. The molecule has 4 N–H and O–H groups in total. The molecule has 7 bridgehead atoms. The zero-order chi connectivity index (χ0) is 41.6. The third-order valence-electron chi connectivity index (χ3n) is 12.2. The Kier molecular flexibility index (Phi) is 18.2. The number of aliphatic hydroxyl groups is 3. The first kappa shape index (κ1) is 45.9. The number of carbonyl (C=O) groups is 2. The van der Waals surface area contributed by atoms with Crippen molar-refractivity contribution in [2.75, 3.05) is 0 Å². The van der Waals surface area contributed by atoms with Crippen LogP contribution in [0.4, 0.5) is 0 Å². The second kappa shape index (κ2) is 23.0. The van der Waals surface area contributed by atoms with Crippen LogP contribution in [0.2, 0.25) is 0 Å². The van der Waals surface area contributed by atoms with E-state index in [4.69, 9.17) is 28.8 Å². The minimum absolute atomic E-state index is 0.0648. The van der Waals surface area contributed by atoms with Gasteiger partial charge in [0.05, 0.1) is 42.7 Å². The summed E-state index contributed by atoms with van der Waals surface area (Å²) in [5.74, 6) is -0.869. The van der Waals surface area contributed by atoms with Gasteiger partial charge in [-0.05, 0) is 69.4 Å². The van der Waals surface area contributed by atoms with Gasteiger partial charge in [0.15, 0.2) is 0 Å². The van der Waals surface area contributed by atoms with Crippen molar-refractivity contribution in [1.29, 1.82) is 0 Å². The largest absolute Gasteiger partial charge is 0.481 e. The quantitative estimate of drug-likeness (QED) is 0.119. The van der Waals surface area contributed by atoms with Gasteiger partial charge in [-0.15, -0.1) is 0 Å². The summed E-state index contributed by atoms with van der Waals surface area (Å²) in [6, 6.07) is 0.